The number of pyridine rings is 1. The van der Waals surface area contributed by atoms with Gasteiger partial charge in [-0.1, -0.05) is 53.6 Å². The second kappa shape index (κ2) is 8.89. The molecule has 0 atom stereocenters. The van der Waals surface area contributed by atoms with Crippen LogP contribution in [0.15, 0.2) is 95.5 Å². The van der Waals surface area contributed by atoms with Gasteiger partial charge in [-0.15, -0.1) is 35.4 Å². The van der Waals surface area contributed by atoms with Gasteiger partial charge in [-0.05, 0) is 42.1 Å². The molecule has 0 amide bonds. The number of phenols is 1. The van der Waals surface area contributed by atoms with Gasteiger partial charge in [0, 0.05) is 32.8 Å². The number of oxazole rings is 1. The number of para-hydroxylation sites is 2. The van der Waals surface area contributed by atoms with Gasteiger partial charge in [0.1, 0.15) is 11.3 Å². The fourth-order valence-electron chi connectivity index (χ4n) is 4.25. The Hall–Kier alpha value is -3.75. The fourth-order valence-corrected chi connectivity index (χ4v) is 4.25. The predicted molar refractivity (Wildman–Crippen MR) is 131 cm³/mol. The zero-order chi connectivity index (χ0) is 22.4. The van der Waals surface area contributed by atoms with Crippen molar-refractivity contribution >= 4 is 22.0 Å². The van der Waals surface area contributed by atoms with Gasteiger partial charge >= 0.3 is 0 Å². The quantitative estimate of drug-likeness (QED) is 0.213. The second-order valence-corrected chi connectivity index (χ2v) is 8.00. The average Bonchev–Trinajstić information content (AvgIpc) is 3.29. The molecule has 0 radical (unpaired) electrons. The summed E-state index contributed by atoms with van der Waals surface area (Å²) in [6, 6.07) is 30.9. The van der Waals surface area contributed by atoms with Gasteiger partial charge in [0.05, 0.1) is 11.1 Å². The molecule has 0 aliphatic heterocycles. The van der Waals surface area contributed by atoms with Crippen molar-refractivity contribution in [2.24, 2.45) is 0 Å². The number of phenolic OH excluding ortho intramolecular Hbond substituents is 1. The maximum Gasteiger partial charge on any atom is 0.230 e. The molecular weight excluding hydrogens is 603 g/mol. The largest absolute Gasteiger partial charge is 0.507 e. The van der Waals surface area contributed by atoms with E-state index in [1.54, 1.807) is 18.2 Å². The summed E-state index contributed by atoms with van der Waals surface area (Å²) in [7, 11) is 0. The Kier molecular flexibility index (Phi) is 5.77. The first-order valence-electron chi connectivity index (χ1n) is 10.7. The van der Waals surface area contributed by atoms with Crippen molar-refractivity contribution in [2.45, 2.75) is 6.92 Å². The number of nitrogens with zero attached hydrogens (tertiary/aromatic N) is 2. The molecule has 2 aromatic heterocycles. The zero-order valence-electron chi connectivity index (χ0n) is 18.2. The Morgan fingerprint density at radius 1 is 0.735 bits per heavy atom. The van der Waals surface area contributed by atoms with E-state index in [0.29, 0.717) is 17.0 Å². The molecule has 168 valence electrons. The van der Waals surface area contributed by atoms with E-state index in [-0.39, 0.29) is 26.8 Å². The standard InChI is InChI=1S/C29H19N2O2.Pt/c1-18-14-15-23(27-21(18)11-6-16-30-27)20-8-4-7-19(17-20)22-10-5-13-26-28(22)31-29(33-26)24-9-2-3-12-25(24)32;/h2-16,32H,1H3;/q-1;. The molecule has 0 fully saturated rings. The molecule has 0 spiro atoms. The summed E-state index contributed by atoms with van der Waals surface area (Å²) in [6.45, 7) is 2.10. The summed E-state index contributed by atoms with van der Waals surface area (Å²) in [6.07, 6.45) is 1.83. The van der Waals surface area contributed by atoms with Gasteiger partial charge in [-0.25, -0.2) is 4.98 Å². The van der Waals surface area contributed by atoms with Crippen LogP contribution >= 0.6 is 0 Å². The van der Waals surface area contributed by atoms with Gasteiger partial charge in [0.15, 0.2) is 0 Å². The summed E-state index contributed by atoms with van der Waals surface area (Å²) in [5.41, 5.74) is 7.97. The molecule has 1 N–H and O–H groups in total. The van der Waals surface area contributed by atoms with Crippen LogP contribution in [-0.4, -0.2) is 15.1 Å². The molecule has 0 saturated carbocycles. The summed E-state index contributed by atoms with van der Waals surface area (Å²) in [5.74, 6) is 0.526. The molecule has 0 aliphatic rings. The number of hydrogen-bond donors (Lipinski definition) is 1. The number of fused-ring (bicyclic) bond motifs is 2. The summed E-state index contributed by atoms with van der Waals surface area (Å²) >= 11 is 0. The van der Waals surface area contributed by atoms with Crippen molar-refractivity contribution in [3.05, 3.63) is 103 Å². The maximum atomic E-state index is 10.2. The summed E-state index contributed by atoms with van der Waals surface area (Å²) in [4.78, 5) is 9.37. The first-order valence-corrected chi connectivity index (χ1v) is 10.7. The van der Waals surface area contributed by atoms with E-state index < -0.39 is 0 Å². The van der Waals surface area contributed by atoms with Crippen LogP contribution in [0.4, 0.5) is 0 Å². The number of aromatic hydroxyl groups is 1. The van der Waals surface area contributed by atoms with E-state index in [1.807, 2.05) is 48.7 Å². The van der Waals surface area contributed by atoms with Crippen molar-refractivity contribution in [2.75, 3.05) is 0 Å². The molecule has 0 unspecified atom stereocenters. The van der Waals surface area contributed by atoms with Crippen LogP contribution < -0.4 is 0 Å². The van der Waals surface area contributed by atoms with Gasteiger partial charge < -0.3 is 9.52 Å². The summed E-state index contributed by atoms with van der Waals surface area (Å²) < 4.78 is 5.99. The van der Waals surface area contributed by atoms with Crippen LogP contribution in [0.1, 0.15) is 5.56 Å². The molecule has 6 aromatic rings. The van der Waals surface area contributed by atoms with Crippen molar-refractivity contribution in [3.8, 4) is 39.5 Å². The fraction of sp³-hybridized carbons (Fsp3) is 0.0345. The Morgan fingerprint density at radius 3 is 2.29 bits per heavy atom. The first kappa shape index (κ1) is 22.1. The number of rotatable bonds is 3. The number of aromatic nitrogens is 2. The van der Waals surface area contributed by atoms with Crippen LogP contribution in [0, 0.1) is 13.0 Å². The van der Waals surface area contributed by atoms with E-state index in [0.717, 1.165) is 38.7 Å². The third kappa shape index (κ3) is 3.70. The van der Waals surface area contributed by atoms with Gasteiger partial charge in [-0.3, -0.25) is 4.98 Å². The molecule has 4 nitrogen and oxygen atoms in total. The topological polar surface area (TPSA) is 59.2 Å². The monoisotopic (exact) mass is 622 g/mol. The third-order valence-corrected chi connectivity index (χ3v) is 5.92. The number of benzene rings is 4. The van der Waals surface area contributed by atoms with Gasteiger partial charge in [0.2, 0.25) is 5.89 Å². The predicted octanol–water partition coefficient (Wildman–Crippen LogP) is 7.19. The Balaban J connectivity index is 0.00000241. The molecular formula is C29H19N2O2Pt-. The first-order chi connectivity index (χ1) is 16.2. The van der Waals surface area contributed by atoms with Crippen LogP contribution in [0.5, 0.6) is 5.75 Å². The Bertz CT molecular complexity index is 1660. The SMILES string of the molecule is Cc1ccc(-c2[c-]c(-c3cccc4oc(-c5ccccc5O)nc34)ccc2)c2ncccc12.[Pt]. The molecule has 5 heteroatoms. The van der Waals surface area contributed by atoms with Gasteiger partial charge in [0.25, 0.3) is 0 Å². The van der Waals surface area contributed by atoms with Crippen molar-refractivity contribution in [1.29, 1.82) is 0 Å². The van der Waals surface area contributed by atoms with Crippen LogP contribution in [-0.2, 0) is 21.1 Å². The van der Waals surface area contributed by atoms with Crippen molar-refractivity contribution in [3.63, 3.8) is 0 Å². The van der Waals surface area contributed by atoms with Gasteiger partial charge in [-0.2, -0.15) is 0 Å². The minimum Gasteiger partial charge on any atom is -0.507 e. The molecule has 6 rings (SSSR count). The Labute approximate surface area is 211 Å². The smallest absolute Gasteiger partial charge is 0.230 e. The molecule has 2 heterocycles. The summed E-state index contributed by atoms with van der Waals surface area (Å²) in [5, 5.41) is 11.4. The number of hydrogen-bond acceptors (Lipinski definition) is 4. The second-order valence-electron chi connectivity index (χ2n) is 8.00. The van der Waals surface area contributed by atoms with E-state index in [9.17, 15) is 5.11 Å². The molecule has 0 saturated heterocycles. The maximum absolute atomic E-state index is 10.2. The minimum atomic E-state index is 0. The van der Waals surface area contributed by atoms with Crippen LogP contribution in [0.25, 0.3) is 55.7 Å². The minimum absolute atomic E-state index is 0. The average molecular weight is 623 g/mol. The molecule has 0 bridgehead atoms. The van der Waals surface area contributed by atoms with E-state index in [2.05, 4.69) is 42.2 Å². The van der Waals surface area contributed by atoms with E-state index in [4.69, 9.17) is 9.40 Å². The number of aryl methyl sites for hydroxylation is 1. The van der Waals surface area contributed by atoms with Crippen LogP contribution in [0.2, 0.25) is 0 Å². The third-order valence-electron chi connectivity index (χ3n) is 5.92. The van der Waals surface area contributed by atoms with Crippen molar-refractivity contribution in [1.82, 2.24) is 9.97 Å². The molecule has 4 aromatic carbocycles. The normalized spacial score (nSPS) is 11.0. The van der Waals surface area contributed by atoms with E-state index >= 15 is 0 Å². The van der Waals surface area contributed by atoms with Crippen molar-refractivity contribution < 1.29 is 30.6 Å². The Morgan fingerprint density at radius 2 is 1.47 bits per heavy atom. The molecule has 0 aliphatic carbocycles. The van der Waals surface area contributed by atoms with Crippen LogP contribution in [0.3, 0.4) is 0 Å². The molecule has 34 heavy (non-hydrogen) atoms. The van der Waals surface area contributed by atoms with E-state index in [1.165, 1.54) is 5.56 Å². The zero-order valence-corrected chi connectivity index (χ0v) is 20.5.